The first-order valence-corrected chi connectivity index (χ1v) is 39.0. The van der Waals surface area contributed by atoms with E-state index in [1.165, 1.54) is 167 Å². The summed E-state index contributed by atoms with van der Waals surface area (Å²) in [6.45, 7) is 9.48. The summed E-state index contributed by atoms with van der Waals surface area (Å²) in [7, 11) is -9.90. The Kier molecular flexibility index (Phi) is 59.9. The van der Waals surface area contributed by atoms with Crippen LogP contribution in [0.5, 0.6) is 0 Å². The maximum atomic E-state index is 13.0. The third kappa shape index (κ3) is 62.8. The molecule has 2 unspecified atom stereocenters. The van der Waals surface area contributed by atoms with E-state index in [0.29, 0.717) is 31.6 Å². The van der Waals surface area contributed by atoms with Crippen LogP contribution in [-0.2, 0) is 65.4 Å². The summed E-state index contributed by atoms with van der Waals surface area (Å²) in [6.07, 6.45) is 45.8. The SMILES string of the molecule is CCCCCCCCCCCCCCCC(=O)OC[C@H](COP(=O)(O)OC[C@@H](O)COP(=O)(O)OC[C@@H](COC(=O)CCCCCCCCCCCC)OC(=O)CCCCCCCCCC(C)C)OC(=O)CCCCCCCCCCCCCCC(C)C. The number of hydrogen-bond acceptors (Lipinski definition) is 15. The van der Waals surface area contributed by atoms with Crippen molar-refractivity contribution in [1.82, 2.24) is 0 Å². The van der Waals surface area contributed by atoms with Gasteiger partial charge in [-0.1, -0.05) is 298 Å². The Morgan fingerprint density at radius 1 is 0.307 bits per heavy atom. The molecule has 0 radical (unpaired) electrons. The Bertz CT molecular complexity index is 1720. The molecule has 522 valence electrons. The largest absolute Gasteiger partial charge is 0.472 e. The minimum absolute atomic E-state index is 0.104. The molecule has 88 heavy (non-hydrogen) atoms. The van der Waals surface area contributed by atoms with Crippen molar-refractivity contribution in [1.29, 1.82) is 0 Å². The molecule has 5 atom stereocenters. The average Bonchev–Trinajstić information content (AvgIpc) is 3.70. The van der Waals surface area contributed by atoms with E-state index >= 15 is 0 Å². The lowest BCUT2D eigenvalue weighted by molar-refractivity contribution is -0.161. The predicted molar refractivity (Wildman–Crippen MR) is 354 cm³/mol. The molecular formula is C69H134O17P2. The molecule has 19 heteroatoms. The third-order valence-corrected chi connectivity index (χ3v) is 17.9. The standard InChI is InChI=1S/C69H134O17P2/c1-7-9-11-13-15-17-19-20-24-28-34-40-46-52-67(72)80-57-64(85-68(73)53-47-41-35-29-25-22-21-23-26-31-37-43-49-61(3)4)59-83-87(75,76)81-55-63(70)56-82-88(77,78)84-60-65(86-69(74)54-48-42-36-30-32-38-44-50-62(5)6)58-79-66(71)51-45-39-33-27-18-16-14-12-10-8-2/h61-65,70H,7-60H2,1-6H3,(H,75,76)(H,77,78)/t63-,64-,65-/m1/s1. The van der Waals surface area contributed by atoms with Crippen molar-refractivity contribution in [2.45, 2.75) is 368 Å². The highest BCUT2D eigenvalue weighted by atomic mass is 31.2. The fraction of sp³-hybridized carbons (Fsp3) is 0.942. The molecule has 0 spiro atoms. The van der Waals surface area contributed by atoms with Gasteiger partial charge in [-0.2, -0.15) is 0 Å². The van der Waals surface area contributed by atoms with E-state index in [-0.39, 0.29) is 25.7 Å². The number of aliphatic hydroxyl groups is 1. The second-order valence-corrected chi connectivity index (χ2v) is 28.8. The van der Waals surface area contributed by atoms with E-state index in [9.17, 15) is 43.2 Å². The number of rotatable bonds is 68. The molecule has 0 rings (SSSR count). The second-order valence-electron chi connectivity index (χ2n) is 25.9. The Morgan fingerprint density at radius 2 is 0.523 bits per heavy atom. The normalized spacial score (nSPS) is 14.2. The summed E-state index contributed by atoms with van der Waals surface area (Å²) in [5.41, 5.74) is 0. The number of phosphoric ester groups is 2. The monoisotopic (exact) mass is 1300 g/mol. The summed E-state index contributed by atoms with van der Waals surface area (Å²) in [4.78, 5) is 72.4. The molecule has 3 N–H and O–H groups in total. The van der Waals surface area contributed by atoms with Crippen molar-refractivity contribution in [3.8, 4) is 0 Å². The van der Waals surface area contributed by atoms with Crippen LogP contribution in [0.25, 0.3) is 0 Å². The van der Waals surface area contributed by atoms with Gasteiger partial charge in [-0.15, -0.1) is 0 Å². The van der Waals surface area contributed by atoms with Crippen molar-refractivity contribution in [3.05, 3.63) is 0 Å². The zero-order chi connectivity index (χ0) is 65.0. The maximum absolute atomic E-state index is 13.0. The first-order chi connectivity index (χ1) is 42.4. The Hall–Kier alpha value is -1.94. The van der Waals surface area contributed by atoms with Crippen LogP contribution in [0.4, 0.5) is 0 Å². The molecule has 0 amide bonds. The van der Waals surface area contributed by atoms with Crippen molar-refractivity contribution >= 4 is 39.5 Å². The van der Waals surface area contributed by atoms with E-state index in [1.807, 2.05) is 0 Å². The number of ether oxygens (including phenoxy) is 4. The van der Waals surface area contributed by atoms with Gasteiger partial charge in [-0.05, 0) is 37.5 Å². The van der Waals surface area contributed by atoms with Gasteiger partial charge in [-0.3, -0.25) is 37.3 Å². The molecule has 0 aliphatic heterocycles. The van der Waals surface area contributed by atoms with Gasteiger partial charge in [0.1, 0.15) is 19.3 Å². The second kappa shape index (κ2) is 61.3. The average molecular weight is 1300 g/mol. The van der Waals surface area contributed by atoms with Gasteiger partial charge in [0.05, 0.1) is 26.4 Å². The molecule has 0 saturated carbocycles. The smallest absolute Gasteiger partial charge is 0.462 e. The van der Waals surface area contributed by atoms with Crippen LogP contribution in [0, 0.1) is 11.8 Å². The fourth-order valence-electron chi connectivity index (χ4n) is 10.4. The van der Waals surface area contributed by atoms with Gasteiger partial charge in [0.15, 0.2) is 12.2 Å². The number of hydrogen-bond donors (Lipinski definition) is 3. The molecule has 0 fully saturated rings. The third-order valence-electron chi connectivity index (χ3n) is 16.0. The fourth-order valence-corrected chi connectivity index (χ4v) is 12.0. The number of aliphatic hydroxyl groups excluding tert-OH is 1. The molecule has 0 aliphatic rings. The lowest BCUT2D eigenvalue weighted by atomic mass is 10.0. The van der Waals surface area contributed by atoms with Gasteiger partial charge >= 0.3 is 39.5 Å². The van der Waals surface area contributed by atoms with Gasteiger partial charge in [0, 0.05) is 25.7 Å². The quantitative estimate of drug-likeness (QED) is 0.0222. The zero-order valence-electron chi connectivity index (χ0n) is 57.0. The molecule has 0 heterocycles. The van der Waals surface area contributed by atoms with Crippen LogP contribution in [-0.4, -0.2) is 96.7 Å². The highest BCUT2D eigenvalue weighted by molar-refractivity contribution is 7.47. The van der Waals surface area contributed by atoms with Gasteiger partial charge < -0.3 is 33.8 Å². The Balaban J connectivity index is 5.24. The summed E-state index contributed by atoms with van der Waals surface area (Å²) in [5.74, 6) is -0.654. The number of carbonyl (C=O) groups excluding carboxylic acids is 4. The summed E-state index contributed by atoms with van der Waals surface area (Å²) < 4.78 is 68.2. The molecule has 0 aromatic rings. The first-order valence-electron chi connectivity index (χ1n) is 36.0. The van der Waals surface area contributed by atoms with Crippen LogP contribution in [0.1, 0.15) is 350 Å². The predicted octanol–water partition coefficient (Wildman–Crippen LogP) is 19.6. The van der Waals surface area contributed by atoms with Gasteiger partial charge in [0.25, 0.3) is 0 Å². The first kappa shape index (κ1) is 86.1. The molecule has 17 nitrogen and oxygen atoms in total. The number of unbranched alkanes of at least 4 members (excludes halogenated alkanes) is 38. The van der Waals surface area contributed by atoms with Crippen LogP contribution in [0.2, 0.25) is 0 Å². The summed E-state index contributed by atoms with van der Waals surface area (Å²) in [6, 6.07) is 0. The van der Waals surface area contributed by atoms with E-state index in [0.717, 1.165) is 95.8 Å². The summed E-state index contributed by atoms with van der Waals surface area (Å²) in [5, 5.41) is 10.6. The van der Waals surface area contributed by atoms with Gasteiger partial charge in [-0.25, -0.2) is 9.13 Å². The van der Waals surface area contributed by atoms with Gasteiger partial charge in [0.2, 0.25) is 0 Å². The van der Waals surface area contributed by atoms with E-state index < -0.39 is 97.5 Å². The lowest BCUT2D eigenvalue weighted by Gasteiger charge is -2.21. The van der Waals surface area contributed by atoms with Crippen molar-refractivity contribution < 1.29 is 80.2 Å². The van der Waals surface area contributed by atoms with E-state index in [4.69, 9.17) is 37.0 Å². The topological polar surface area (TPSA) is 237 Å². The van der Waals surface area contributed by atoms with Crippen LogP contribution in [0.3, 0.4) is 0 Å². The minimum atomic E-state index is -4.95. The van der Waals surface area contributed by atoms with E-state index in [1.54, 1.807) is 0 Å². The summed E-state index contributed by atoms with van der Waals surface area (Å²) >= 11 is 0. The molecule has 0 bridgehead atoms. The number of carbonyl (C=O) groups is 4. The Labute approximate surface area is 537 Å². The number of phosphoric acid groups is 2. The molecule has 0 aromatic carbocycles. The molecular weight excluding hydrogens is 1160 g/mol. The van der Waals surface area contributed by atoms with Crippen molar-refractivity contribution in [2.75, 3.05) is 39.6 Å². The van der Waals surface area contributed by atoms with Crippen LogP contribution < -0.4 is 0 Å². The highest BCUT2D eigenvalue weighted by Crippen LogP contribution is 2.45. The Morgan fingerprint density at radius 3 is 0.773 bits per heavy atom. The van der Waals surface area contributed by atoms with E-state index in [2.05, 4.69) is 41.5 Å². The molecule has 0 aliphatic carbocycles. The highest BCUT2D eigenvalue weighted by Gasteiger charge is 2.30. The number of esters is 4. The molecule has 0 aromatic heterocycles. The maximum Gasteiger partial charge on any atom is 0.472 e. The van der Waals surface area contributed by atoms with Crippen LogP contribution in [0.15, 0.2) is 0 Å². The molecule has 0 saturated heterocycles. The lowest BCUT2D eigenvalue weighted by Crippen LogP contribution is -2.30. The van der Waals surface area contributed by atoms with Crippen LogP contribution >= 0.6 is 15.6 Å². The zero-order valence-corrected chi connectivity index (χ0v) is 58.8. The van der Waals surface area contributed by atoms with Crippen molar-refractivity contribution in [3.63, 3.8) is 0 Å². The van der Waals surface area contributed by atoms with Crippen molar-refractivity contribution in [2.24, 2.45) is 11.8 Å². The minimum Gasteiger partial charge on any atom is -0.462 e.